The maximum atomic E-state index is 13.0. The Morgan fingerprint density at radius 2 is 1.82 bits per heavy atom. The van der Waals surface area contributed by atoms with Crippen molar-refractivity contribution in [2.24, 2.45) is 0 Å². The van der Waals surface area contributed by atoms with Crippen LogP contribution in [-0.4, -0.2) is 5.78 Å². The van der Waals surface area contributed by atoms with E-state index in [4.69, 9.17) is 23.2 Å². The molecular formula is C16H10Cl2FNOS. The van der Waals surface area contributed by atoms with Gasteiger partial charge >= 0.3 is 0 Å². The van der Waals surface area contributed by atoms with Gasteiger partial charge in [-0.1, -0.05) is 35.0 Å². The molecule has 0 saturated heterocycles. The highest BCUT2D eigenvalue weighted by Crippen LogP contribution is 2.46. The second-order valence-corrected chi connectivity index (χ2v) is 6.59. The number of allylic oxidation sites excluding steroid dienone is 2. The lowest BCUT2D eigenvalue weighted by molar-refractivity contribution is 0.104. The van der Waals surface area contributed by atoms with Gasteiger partial charge in [0.25, 0.3) is 0 Å². The minimum atomic E-state index is -0.372. The molecule has 0 amide bonds. The standard InChI is InChI=1S/C16H10Cl2FNOS/c1-8-16(15(21)9-2-4-10(19)5-3-9)22-12-7-6-11(17)13(18)14(12)20-8/h2-7,20H,1H3. The van der Waals surface area contributed by atoms with Crippen LogP contribution >= 0.6 is 35.0 Å². The summed E-state index contributed by atoms with van der Waals surface area (Å²) < 4.78 is 13.0. The molecule has 1 aliphatic rings. The van der Waals surface area contributed by atoms with Crippen LogP contribution in [0.25, 0.3) is 0 Å². The summed E-state index contributed by atoms with van der Waals surface area (Å²) in [4.78, 5) is 14.0. The fourth-order valence-corrected chi connectivity index (χ4v) is 3.57. The molecule has 1 heterocycles. The summed E-state index contributed by atoms with van der Waals surface area (Å²) in [6, 6.07) is 9.00. The quantitative estimate of drug-likeness (QED) is 0.695. The molecule has 1 N–H and O–H groups in total. The SMILES string of the molecule is CC1=C(C(=O)c2ccc(F)cc2)Sc2ccc(Cl)c(Cl)c2N1. The van der Waals surface area contributed by atoms with Crippen LogP contribution in [0.15, 0.2) is 51.9 Å². The summed E-state index contributed by atoms with van der Waals surface area (Å²) in [5, 5.41) is 4.01. The van der Waals surface area contributed by atoms with Crippen molar-refractivity contribution in [1.29, 1.82) is 0 Å². The van der Waals surface area contributed by atoms with Crippen LogP contribution in [0.5, 0.6) is 0 Å². The normalized spacial score (nSPS) is 13.6. The summed E-state index contributed by atoms with van der Waals surface area (Å²) in [5.41, 5.74) is 1.83. The first-order chi connectivity index (χ1) is 10.5. The zero-order valence-electron chi connectivity index (χ0n) is 11.4. The van der Waals surface area contributed by atoms with Gasteiger partial charge in [-0.05, 0) is 43.3 Å². The number of fused-ring (bicyclic) bond motifs is 1. The van der Waals surface area contributed by atoms with Crippen LogP contribution < -0.4 is 5.32 Å². The number of Topliss-reactive ketones (excluding diaryl/α,β-unsaturated/α-hetero) is 1. The molecule has 6 heteroatoms. The molecule has 2 nitrogen and oxygen atoms in total. The van der Waals surface area contributed by atoms with Crippen molar-refractivity contribution in [2.45, 2.75) is 11.8 Å². The van der Waals surface area contributed by atoms with Gasteiger partial charge in [0.1, 0.15) is 5.82 Å². The molecule has 2 aromatic carbocycles. The monoisotopic (exact) mass is 353 g/mol. The first-order valence-corrected chi connectivity index (χ1v) is 7.98. The third kappa shape index (κ3) is 2.74. The Kier molecular flexibility index (Phi) is 4.17. The number of carbonyl (C=O) groups is 1. The molecule has 0 atom stereocenters. The fraction of sp³-hybridized carbons (Fsp3) is 0.0625. The van der Waals surface area contributed by atoms with Crippen molar-refractivity contribution in [1.82, 2.24) is 0 Å². The number of nitrogens with one attached hydrogen (secondary N) is 1. The van der Waals surface area contributed by atoms with E-state index in [1.807, 2.05) is 6.07 Å². The van der Waals surface area contributed by atoms with E-state index in [2.05, 4.69) is 5.32 Å². The fourth-order valence-electron chi connectivity index (χ4n) is 2.11. The van der Waals surface area contributed by atoms with Gasteiger partial charge in [-0.25, -0.2) is 4.39 Å². The van der Waals surface area contributed by atoms with Crippen molar-refractivity contribution < 1.29 is 9.18 Å². The Labute approximate surface area is 141 Å². The average molecular weight is 354 g/mol. The topological polar surface area (TPSA) is 29.1 Å². The molecule has 0 aliphatic carbocycles. The molecule has 2 aromatic rings. The number of carbonyl (C=O) groups excluding carboxylic acids is 1. The summed E-state index contributed by atoms with van der Waals surface area (Å²) in [6.45, 7) is 1.80. The third-order valence-electron chi connectivity index (χ3n) is 3.23. The molecule has 0 bridgehead atoms. The molecule has 1 aliphatic heterocycles. The lowest BCUT2D eigenvalue weighted by Gasteiger charge is -2.22. The number of thioether (sulfide) groups is 1. The zero-order chi connectivity index (χ0) is 15.9. The number of ketones is 1. The number of halogens is 3. The highest BCUT2D eigenvalue weighted by atomic mass is 35.5. The first-order valence-electron chi connectivity index (χ1n) is 6.41. The minimum Gasteiger partial charge on any atom is -0.356 e. The van der Waals surface area contributed by atoms with Crippen LogP contribution in [0, 0.1) is 5.82 Å². The van der Waals surface area contributed by atoms with Crippen LogP contribution in [-0.2, 0) is 0 Å². The van der Waals surface area contributed by atoms with Gasteiger partial charge < -0.3 is 5.32 Å². The lowest BCUT2D eigenvalue weighted by atomic mass is 10.1. The number of benzene rings is 2. The van der Waals surface area contributed by atoms with Gasteiger partial charge in [-0.3, -0.25) is 4.79 Å². The molecule has 0 saturated carbocycles. The second-order valence-electron chi connectivity index (χ2n) is 4.75. The first kappa shape index (κ1) is 15.4. The predicted molar refractivity (Wildman–Crippen MR) is 89.4 cm³/mol. The van der Waals surface area contributed by atoms with E-state index in [9.17, 15) is 9.18 Å². The maximum Gasteiger partial charge on any atom is 0.201 e. The minimum absolute atomic E-state index is 0.160. The Morgan fingerprint density at radius 3 is 2.50 bits per heavy atom. The van der Waals surface area contributed by atoms with Crippen molar-refractivity contribution in [3.8, 4) is 0 Å². The van der Waals surface area contributed by atoms with E-state index in [0.29, 0.717) is 31.9 Å². The second kappa shape index (κ2) is 5.95. The van der Waals surface area contributed by atoms with E-state index < -0.39 is 0 Å². The average Bonchev–Trinajstić information content (AvgIpc) is 2.51. The molecule has 22 heavy (non-hydrogen) atoms. The lowest BCUT2D eigenvalue weighted by Crippen LogP contribution is -2.12. The Hall–Kier alpha value is -1.49. The molecule has 112 valence electrons. The van der Waals surface area contributed by atoms with Crippen molar-refractivity contribution in [2.75, 3.05) is 5.32 Å². The van der Waals surface area contributed by atoms with Crippen molar-refractivity contribution in [3.05, 3.63) is 68.4 Å². The van der Waals surface area contributed by atoms with Crippen LogP contribution in [0.2, 0.25) is 10.0 Å². The Morgan fingerprint density at radius 1 is 1.14 bits per heavy atom. The van der Waals surface area contributed by atoms with E-state index in [1.54, 1.807) is 13.0 Å². The van der Waals surface area contributed by atoms with E-state index in [0.717, 1.165) is 4.90 Å². The summed E-state index contributed by atoms with van der Waals surface area (Å²) in [7, 11) is 0. The van der Waals surface area contributed by atoms with E-state index >= 15 is 0 Å². The molecule has 0 unspecified atom stereocenters. The number of anilines is 1. The summed E-state index contributed by atoms with van der Waals surface area (Å²) >= 11 is 13.5. The molecule has 0 fully saturated rings. The molecule has 3 rings (SSSR count). The number of rotatable bonds is 2. The number of hydrogen-bond acceptors (Lipinski definition) is 3. The summed E-state index contributed by atoms with van der Waals surface area (Å²) in [5.74, 6) is -0.532. The van der Waals surface area contributed by atoms with Gasteiger partial charge in [-0.2, -0.15) is 0 Å². The van der Waals surface area contributed by atoms with Crippen LogP contribution in [0.1, 0.15) is 17.3 Å². The predicted octanol–water partition coefficient (Wildman–Crippen LogP) is 5.76. The van der Waals surface area contributed by atoms with Gasteiger partial charge in [0.05, 0.1) is 20.6 Å². The molecular weight excluding hydrogens is 344 g/mol. The summed E-state index contributed by atoms with van der Waals surface area (Å²) in [6.07, 6.45) is 0. The third-order valence-corrected chi connectivity index (χ3v) is 5.29. The maximum absolute atomic E-state index is 13.0. The zero-order valence-corrected chi connectivity index (χ0v) is 13.7. The molecule has 0 aromatic heterocycles. The Bertz CT molecular complexity index is 803. The van der Waals surface area contributed by atoms with Crippen molar-refractivity contribution in [3.63, 3.8) is 0 Å². The van der Waals surface area contributed by atoms with Gasteiger partial charge in [-0.15, -0.1) is 0 Å². The Balaban J connectivity index is 1.97. The van der Waals surface area contributed by atoms with Crippen molar-refractivity contribution >= 4 is 46.4 Å². The van der Waals surface area contributed by atoms with Gasteiger partial charge in [0.15, 0.2) is 0 Å². The van der Waals surface area contributed by atoms with E-state index in [-0.39, 0.29) is 11.6 Å². The van der Waals surface area contributed by atoms with Gasteiger partial charge in [0.2, 0.25) is 5.78 Å². The molecule has 0 spiro atoms. The highest BCUT2D eigenvalue weighted by Gasteiger charge is 2.24. The smallest absolute Gasteiger partial charge is 0.201 e. The van der Waals surface area contributed by atoms with Crippen LogP contribution in [0.4, 0.5) is 10.1 Å². The largest absolute Gasteiger partial charge is 0.356 e. The number of hydrogen-bond donors (Lipinski definition) is 1. The van der Waals surface area contributed by atoms with Crippen LogP contribution in [0.3, 0.4) is 0 Å². The van der Waals surface area contributed by atoms with E-state index in [1.165, 1.54) is 36.0 Å². The van der Waals surface area contributed by atoms with Gasteiger partial charge in [0, 0.05) is 16.2 Å². The highest BCUT2D eigenvalue weighted by molar-refractivity contribution is 8.04. The molecule has 0 radical (unpaired) electrons.